The van der Waals surface area contributed by atoms with Gasteiger partial charge in [0.15, 0.2) is 6.10 Å². The maximum absolute atomic E-state index is 12.1. The SMILES string of the molecule is Cc1ccc(O[C@H](C)C(=O)NCCc2ccccc2)c([N+](=O)[O-])n1. The lowest BCUT2D eigenvalue weighted by Crippen LogP contribution is -2.37. The molecule has 0 aliphatic rings. The highest BCUT2D eigenvalue weighted by atomic mass is 16.6. The van der Waals surface area contributed by atoms with Crippen LogP contribution in [0.4, 0.5) is 5.82 Å². The third-order valence-electron chi connectivity index (χ3n) is 3.38. The molecule has 2 aromatic rings. The van der Waals surface area contributed by atoms with Gasteiger partial charge in [-0.15, -0.1) is 0 Å². The van der Waals surface area contributed by atoms with Crippen molar-refractivity contribution in [1.82, 2.24) is 10.3 Å². The van der Waals surface area contributed by atoms with E-state index >= 15 is 0 Å². The monoisotopic (exact) mass is 329 g/mol. The van der Waals surface area contributed by atoms with Gasteiger partial charge < -0.3 is 20.2 Å². The van der Waals surface area contributed by atoms with Crippen molar-refractivity contribution in [2.45, 2.75) is 26.4 Å². The van der Waals surface area contributed by atoms with Gasteiger partial charge in [0.1, 0.15) is 5.69 Å². The zero-order valence-corrected chi connectivity index (χ0v) is 13.6. The Labute approximate surface area is 139 Å². The molecule has 24 heavy (non-hydrogen) atoms. The second kappa shape index (κ2) is 8.05. The Hall–Kier alpha value is -2.96. The summed E-state index contributed by atoms with van der Waals surface area (Å²) in [6.07, 6.45) is -0.157. The Balaban J connectivity index is 1.91. The standard InChI is InChI=1S/C17H19N3O4/c1-12-8-9-15(16(19-12)20(22)23)24-13(2)17(21)18-11-10-14-6-4-3-5-7-14/h3-9,13H,10-11H2,1-2H3,(H,18,21)/t13-/m1/s1. The summed E-state index contributed by atoms with van der Waals surface area (Å²) >= 11 is 0. The van der Waals surface area contributed by atoms with Crippen molar-refractivity contribution in [3.8, 4) is 5.75 Å². The van der Waals surface area contributed by atoms with E-state index in [0.29, 0.717) is 18.7 Å². The van der Waals surface area contributed by atoms with E-state index in [1.807, 2.05) is 30.3 Å². The minimum atomic E-state index is -0.857. The minimum Gasteiger partial charge on any atom is -0.473 e. The fourth-order valence-electron chi connectivity index (χ4n) is 2.12. The molecule has 7 heteroatoms. The highest BCUT2D eigenvalue weighted by Crippen LogP contribution is 2.25. The molecule has 1 atom stereocenters. The second-order valence-electron chi connectivity index (χ2n) is 5.32. The first-order valence-electron chi connectivity index (χ1n) is 7.57. The number of amides is 1. The van der Waals surface area contributed by atoms with Gasteiger partial charge in [0.2, 0.25) is 5.75 Å². The van der Waals surface area contributed by atoms with E-state index in [1.54, 1.807) is 19.9 Å². The maximum Gasteiger partial charge on any atom is 0.406 e. The quantitative estimate of drug-likeness (QED) is 0.622. The summed E-state index contributed by atoms with van der Waals surface area (Å²) < 4.78 is 5.41. The molecule has 0 bridgehead atoms. The molecule has 1 aromatic heterocycles. The predicted octanol–water partition coefficient (Wildman–Crippen LogP) is 2.42. The van der Waals surface area contributed by atoms with Crippen LogP contribution in [0, 0.1) is 17.0 Å². The molecule has 1 heterocycles. The molecule has 0 unspecified atom stereocenters. The number of aryl methyl sites for hydroxylation is 1. The van der Waals surface area contributed by atoms with Crippen LogP contribution in [0.1, 0.15) is 18.2 Å². The van der Waals surface area contributed by atoms with Gasteiger partial charge in [-0.1, -0.05) is 30.3 Å². The van der Waals surface area contributed by atoms with Gasteiger partial charge in [0.25, 0.3) is 5.91 Å². The normalized spacial score (nSPS) is 11.6. The number of carbonyl (C=O) groups excluding carboxylic acids is 1. The molecule has 0 aliphatic carbocycles. The lowest BCUT2D eigenvalue weighted by molar-refractivity contribution is -0.390. The Morgan fingerprint density at radius 1 is 1.29 bits per heavy atom. The number of benzene rings is 1. The van der Waals surface area contributed by atoms with E-state index in [2.05, 4.69) is 10.3 Å². The van der Waals surface area contributed by atoms with Crippen LogP contribution in [-0.2, 0) is 11.2 Å². The molecule has 7 nitrogen and oxygen atoms in total. The Bertz CT molecular complexity index is 719. The number of hydrogen-bond donors (Lipinski definition) is 1. The summed E-state index contributed by atoms with van der Waals surface area (Å²) in [6, 6.07) is 12.8. The highest BCUT2D eigenvalue weighted by molar-refractivity contribution is 5.80. The van der Waals surface area contributed by atoms with Crippen LogP contribution >= 0.6 is 0 Å². The van der Waals surface area contributed by atoms with E-state index in [1.165, 1.54) is 6.07 Å². The van der Waals surface area contributed by atoms with E-state index in [-0.39, 0.29) is 17.5 Å². The molecular formula is C17H19N3O4. The Morgan fingerprint density at radius 2 is 2.00 bits per heavy atom. The first-order chi connectivity index (χ1) is 11.5. The van der Waals surface area contributed by atoms with E-state index in [4.69, 9.17) is 4.74 Å². The van der Waals surface area contributed by atoms with Crippen molar-refractivity contribution < 1.29 is 14.5 Å². The molecule has 0 spiro atoms. The predicted molar refractivity (Wildman–Crippen MR) is 88.9 cm³/mol. The summed E-state index contributed by atoms with van der Waals surface area (Å²) in [5.74, 6) is -0.740. The van der Waals surface area contributed by atoms with Crippen molar-refractivity contribution in [2.24, 2.45) is 0 Å². The van der Waals surface area contributed by atoms with Gasteiger partial charge in [0, 0.05) is 13.5 Å². The fraction of sp³-hybridized carbons (Fsp3) is 0.294. The first-order valence-corrected chi connectivity index (χ1v) is 7.57. The Kier molecular flexibility index (Phi) is 5.83. The summed E-state index contributed by atoms with van der Waals surface area (Å²) in [7, 11) is 0. The number of nitrogens with zero attached hydrogens (tertiary/aromatic N) is 2. The van der Waals surface area contributed by atoms with E-state index in [0.717, 1.165) is 5.56 Å². The Morgan fingerprint density at radius 3 is 2.67 bits per heavy atom. The van der Waals surface area contributed by atoms with Crippen molar-refractivity contribution in [3.05, 3.63) is 63.8 Å². The molecule has 2 rings (SSSR count). The van der Waals surface area contributed by atoms with Crippen LogP contribution < -0.4 is 10.1 Å². The third-order valence-corrected chi connectivity index (χ3v) is 3.38. The van der Waals surface area contributed by atoms with Gasteiger partial charge in [-0.05, 0) is 40.9 Å². The molecule has 1 amide bonds. The first kappa shape index (κ1) is 17.4. The summed E-state index contributed by atoms with van der Waals surface area (Å²) in [5, 5.41) is 13.8. The molecule has 0 radical (unpaired) electrons. The summed E-state index contributed by atoms with van der Waals surface area (Å²) in [4.78, 5) is 26.3. The van der Waals surface area contributed by atoms with Gasteiger partial charge >= 0.3 is 5.82 Å². The molecule has 0 aliphatic heterocycles. The average molecular weight is 329 g/mol. The van der Waals surface area contributed by atoms with Crippen molar-refractivity contribution in [3.63, 3.8) is 0 Å². The number of aromatic nitrogens is 1. The largest absolute Gasteiger partial charge is 0.473 e. The van der Waals surface area contributed by atoms with Gasteiger partial charge in [-0.3, -0.25) is 4.79 Å². The van der Waals surface area contributed by atoms with Gasteiger partial charge in [-0.25, -0.2) is 0 Å². The molecule has 0 saturated carbocycles. The third kappa shape index (κ3) is 4.77. The zero-order chi connectivity index (χ0) is 17.5. The fourth-order valence-corrected chi connectivity index (χ4v) is 2.12. The summed E-state index contributed by atoms with van der Waals surface area (Å²) in [6.45, 7) is 3.66. The van der Waals surface area contributed by atoms with E-state index in [9.17, 15) is 14.9 Å². The van der Waals surface area contributed by atoms with Crippen molar-refractivity contribution in [1.29, 1.82) is 0 Å². The number of rotatable bonds is 7. The lowest BCUT2D eigenvalue weighted by Gasteiger charge is -2.14. The van der Waals surface area contributed by atoms with Gasteiger partial charge in [-0.2, -0.15) is 0 Å². The number of nitrogens with one attached hydrogen (secondary N) is 1. The number of hydrogen-bond acceptors (Lipinski definition) is 5. The highest BCUT2D eigenvalue weighted by Gasteiger charge is 2.22. The summed E-state index contributed by atoms with van der Waals surface area (Å²) in [5.41, 5.74) is 1.62. The van der Waals surface area contributed by atoms with Crippen LogP contribution in [0.3, 0.4) is 0 Å². The molecular weight excluding hydrogens is 310 g/mol. The topological polar surface area (TPSA) is 94.4 Å². The van der Waals surface area contributed by atoms with Crippen molar-refractivity contribution in [2.75, 3.05) is 6.54 Å². The zero-order valence-electron chi connectivity index (χ0n) is 13.6. The molecule has 0 saturated heterocycles. The lowest BCUT2D eigenvalue weighted by atomic mass is 10.1. The van der Waals surface area contributed by atoms with Gasteiger partial charge in [0.05, 0.1) is 0 Å². The number of nitro groups is 1. The van der Waals surface area contributed by atoms with Crippen LogP contribution in [0.2, 0.25) is 0 Å². The van der Waals surface area contributed by atoms with E-state index < -0.39 is 11.0 Å². The van der Waals surface area contributed by atoms with Crippen LogP contribution in [-0.4, -0.2) is 28.5 Å². The number of ether oxygens (including phenoxy) is 1. The molecule has 0 fully saturated rings. The second-order valence-corrected chi connectivity index (χ2v) is 5.32. The average Bonchev–Trinajstić information content (AvgIpc) is 2.57. The minimum absolute atomic E-state index is 0.0173. The van der Waals surface area contributed by atoms with Crippen molar-refractivity contribution >= 4 is 11.7 Å². The molecule has 126 valence electrons. The van der Waals surface area contributed by atoms with Crippen LogP contribution in [0.5, 0.6) is 5.75 Å². The number of pyridine rings is 1. The molecule has 1 aromatic carbocycles. The van der Waals surface area contributed by atoms with Crippen LogP contribution in [0.25, 0.3) is 0 Å². The van der Waals surface area contributed by atoms with Crippen LogP contribution in [0.15, 0.2) is 42.5 Å². The smallest absolute Gasteiger partial charge is 0.406 e. The number of carbonyl (C=O) groups is 1. The molecule has 1 N–H and O–H groups in total. The maximum atomic E-state index is 12.1.